The van der Waals surface area contributed by atoms with Gasteiger partial charge in [-0.25, -0.2) is 0 Å². The summed E-state index contributed by atoms with van der Waals surface area (Å²) < 4.78 is 0. The van der Waals surface area contributed by atoms with Crippen LogP contribution < -0.4 is 5.32 Å². The van der Waals surface area contributed by atoms with E-state index in [0.29, 0.717) is 11.3 Å². The van der Waals surface area contributed by atoms with E-state index in [4.69, 9.17) is 5.11 Å². The summed E-state index contributed by atoms with van der Waals surface area (Å²) >= 11 is 0. The van der Waals surface area contributed by atoms with Gasteiger partial charge < -0.3 is 10.4 Å². The van der Waals surface area contributed by atoms with Crippen molar-refractivity contribution in [3.05, 3.63) is 59.9 Å². The van der Waals surface area contributed by atoms with Crippen molar-refractivity contribution in [1.82, 2.24) is 4.98 Å². The Bertz CT molecular complexity index is 512. The average Bonchev–Trinajstić information content (AvgIpc) is 2.40. The van der Waals surface area contributed by atoms with Gasteiger partial charge in [-0.05, 0) is 29.8 Å². The third-order valence-corrected chi connectivity index (χ3v) is 2.29. The lowest BCUT2D eigenvalue weighted by molar-refractivity contribution is 0.102. The van der Waals surface area contributed by atoms with Gasteiger partial charge in [-0.2, -0.15) is 0 Å². The Labute approximate surface area is 98.9 Å². The number of nitrogens with one attached hydrogen (secondary N) is 1. The molecule has 0 aliphatic heterocycles. The average molecular weight is 228 g/mol. The molecule has 4 nitrogen and oxygen atoms in total. The number of pyridine rings is 1. The third kappa shape index (κ3) is 2.89. The molecule has 0 spiro atoms. The molecule has 0 aliphatic rings. The molecular formula is C13H12N2O2. The lowest BCUT2D eigenvalue weighted by atomic mass is 10.2. The smallest absolute Gasteiger partial charge is 0.257 e. The zero-order chi connectivity index (χ0) is 12.1. The maximum Gasteiger partial charge on any atom is 0.257 e. The zero-order valence-electron chi connectivity index (χ0n) is 9.13. The standard InChI is InChI=1S/C13H12N2O2/c16-9-10-3-1-5-12(7-10)15-13(17)11-4-2-6-14-8-11/h1-8,16H,9H2,(H,15,17). The first-order valence-electron chi connectivity index (χ1n) is 5.21. The molecule has 1 aromatic heterocycles. The van der Waals surface area contributed by atoms with Crippen LogP contribution in [-0.4, -0.2) is 16.0 Å². The highest BCUT2D eigenvalue weighted by Gasteiger charge is 2.05. The van der Waals surface area contributed by atoms with Gasteiger partial charge in [-0.15, -0.1) is 0 Å². The molecule has 1 amide bonds. The van der Waals surface area contributed by atoms with Gasteiger partial charge in [0.15, 0.2) is 0 Å². The van der Waals surface area contributed by atoms with Gasteiger partial charge in [0.05, 0.1) is 12.2 Å². The summed E-state index contributed by atoms with van der Waals surface area (Å²) in [6.07, 6.45) is 3.12. The van der Waals surface area contributed by atoms with Crippen LogP contribution in [0, 0.1) is 0 Å². The fourth-order valence-corrected chi connectivity index (χ4v) is 1.45. The zero-order valence-corrected chi connectivity index (χ0v) is 9.13. The SMILES string of the molecule is O=C(Nc1cccc(CO)c1)c1cccnc1. The fourth-order valence-electron chi connectivity index (χ4n) is 1.45. The number of hydrogen-bond donors (Lipinski definition) is 2. The van der Waals surface area contributed by atoms with Crippen LogP contribution >= 0.6 is 0 Å². The predicted molar refractivity (Wildman–Crippen MR) is 64.6 cm³/mol. The largest absolute Gasteiger partial charge is 0.392 e. The van der Waals surface area contributed by atoms with E-state index in [2.05, 4.69) is 10.3 Å². The molecule has 0 fully saturated rings. The minimum absolute atomic E-state index is 0.0450. The summed E-state index contributed by atoms with van der Waals surface area (Å²) in [5, 5.41) is 11.7. The monoisotopic (exact) mass is 228 g/mol. The van der Waals surface area contributed by atoms with E-state index in [0.717, 1.165) is 5.56 Å². The second-order valence-electron chi connectivity index (χ2n) is 3.55. The van der Waals surface area contributed by atoms with Crippen LogP contribution in [0.1, 0.15) is 15.9 Å². The van der Waals surface area contributed by atoms with E-state index < -0.39 is 0 Å². The molecule has 0 aliphatic carbocycles. The Hall–Kier alpha value is -2.20. The molecule has 0 radical (unpaired) electrons. The molecule has 2 rings (SSSR count). The molecule has 86 valence electrons. The number of rotatable bonds is 3. The highest BCUT2D eigenvalue weighted by molar-refractivity contribution is 6.04. The van der Waals surface area contributed by atoms with Crippen LogP contribution in [0.25, 0.3) is 0 Å². The first kappa shape index (κ1) is 11.3. The number of benzene rings is 1. The van der Waals surface area contributed by atoms with Crippen molar-refractivity contribution in [1.29, 1.82) is 0 Å². The molecule has 17 heavy (non-hydrogen) atoms. The molecular weight excluding hydrogens is 216 g/mol. The van der Waals surface area contributed by atoms with Gasteiger partial charge in [0.25, 0.3) is 5.91 Å². The van der Waals surface area contributed by atoms with E-state index >= 15 is 0 Å². The van der Waals surface area contributed by atoms with E-state index in [9.17, 15) is 4.79 Å². The number of anilines is 1. The topological polar surface area (TPSA) is 62.2 Å². The number of hydrogen-bond acceptors (Lipinski definition) is 3. The van der Waals surface area contributed by atoms with Crippen molar-refractivity contribution >= 4 is 11.6 Å². The van der Waals surface area contributed by atoms with Crippen LogP contribution in [0.2, 0.25) is 0 Å². The minimum atomic E-state index is -0.215. The van der Waals surface area contributed by atoms with Gasteiger partial charge in [0.1, 0.15) is 0 Å². The van der Waals surface area contributed by atoms with Gasteiger partial charge in [0, 0.05) is 18.1 Å². The summed E-state index contributed by atoms with van der Waals surface area (Å²) in [6.45, 7) is -0.0450. The molecule has 0 saturated carbocycles. The highest BCUT2D eigenvalue weighted by atomic mass is 16.3. The number of carbonyl (C=O) groups is 1. The second kappa shape index (κ2) is 5.23. The van der Waals surface area contributed by atoms with E-state index in [1.54, 1.807) is 42.6 Å². The third-order valence-electron chi connectivity index (χ3n) is 2.29. The van der Waals surface area contributed by atoms with Crippen LogP contribution in [0.3, 0.4) is 0 Å². The molecule has 1 aromatic carbocycles. The van der Waals surface area contributed by atoms with Gasteiger partial charge >= 0.3 is 0 Å². The molecule has 2 N–H and O–H groups in total. The van der Waals surface area contributed by atoms with Gasteiger partial charge in [-0.3, -0.25) is 9.78 Å². The summed E-state index contributed by atoms with van der Waals surface area (Å²) in [5.74, 6) is -0.215. The van der Waals surface area contributed by atoms with Crippen molar-refractivity contribution in [3.8, 4) is 0 Å². The second-order valence-corrected chi connectivity index (χ2v) is 3.55. The highest BCUT2D eigenvalue weighted by Crippen LogP contribution is 2.11. The minimum Gasteiger partial charge on any atom is -0.392 e. The maximum atomic E-state index is 11.8. The molecule has 1 heterocycles. The van der Waals surface area contributed by atoms with Gasteiger partial charge in [-0.1, -0.05) is 12.1 Å². The van der Waals surface area contributed by atoms with Crippen molar-refractivity contribution in [3.63, 3.8) is 0 Å². The Morgan fingerprint density at radius 1 is 1.29 bits per heavy atom. The normalized spacial score (nSPS) is 9.94. The predicted octanol–water partition coefficient (Wildman–Crippen LogP) is 1.83. The molecule has 0 unspecified atom stereocenters. The first-order valence-corrected chi connectivity index (χ1v) is 5.21. The Balaban J connectivity index is 2.13. The van der Waals surface area contributed by atoms with E-state index in [1.165, 1.54) is 6.20 Å². The fraction of sp³-hybridized carbons (Fsp3) is 0.0769. The van der Waals surface area contributed by atoms with E-state index in [1.807, 2.05) is 0 Å². The van der Waals surface area contributed by atoms with Crippen LogP contribution in [-0.2, 0) is 6.61 Å². The number of aliphatic hydroxyl groups is 1. The van der Waals surface area contributed by atoms with Crippen molar-refractivity contribution < 1.29 is 9.90 Å². The molecule has 2 aromatic rings. The van der Waals surface area contributed by atoms with Crippen molar-refractivity contribution in [2.45, 2.75) is 6.61 Å². The summed E-state index contributed by atoms with van der Waals surface area (Å²) in [4.78, 5) is 15.7. The number of aliphatic hydroxyl groups excluding tert-OH is 1. The molecule has 0 atom stereocenters. The number of nitrogens with zero attached hydrogens (tertiary/aromatic N) is 1. The molecule has 0 saturated heterocycles. The molecule has 0 bridgehead atoms. The quantitative estimate of drug-likeness (QED) is 0.842. The summed E-state index contributed by atoms with van der Waals surface area (Å²) in [5.41, 5.74) is 1.92. The molecule has 4 heteroatoms. The van der Waals surface area contributed by atoms with Crippen LogP contribution in [0.5, 0.6) is 0 Å². The number of aromatic nitrogens is 1. The number of amides is 1. The lowest BCUT2D eigenvalue weighted by Gasteiger charge is -2.06. The van der Waals surface area contributed by atoms with Crippen molar-refractivity contribution in [2.75, 3.05) is 5.32 Å². The Kier molecular flexibility index (Phi) is 3.47. The van der Waals surface area contributed by atoms with Crippen LogP contribution in [0.4, 0.5) is 5.69 Å². The Morgan fingerprint density at radius 2 is 2.18 bits per heavy atom. The Morgan fingerprint density at radius 3 is 2.88 bits per heavy atom. The van der Waals surface area contributed by atoms with Gasteiger partial charge in [0.2, 0.25) is 0 Å². The lowest BCUT2D eigenvalue weighted by Crippen LogP contribution is -2.12. The summed E-state index contributed by atoms with van der Waals surface area (Å²) in [7, 11) is 0. The van der Waals surface area contributed by atoms with Crippen LogP contribution in [0.15, 0.2) is 48.8 Å². The van der Waals surface area contributed by atoms with E-state index in [-0.39, 0.29) is 12.5 Å². The summed E-state index contributed by atoms with van der Waals surface area (Å²) in [6, 6.07) is 10.5. The number of carbonyl (C=O) groups excluding carboxylic acids is 1. The first-order chi connectivity index (χ1) is 8.29. The van der Waals surface area contributed by atoms with Crippen molar-refractivity contribution in [2.24, 2.45) is 0 Å². The maximum absolute atomic E-state index is 11.8.